The van der Waals surface area contributed by atoms with Gasteiger partial charge in [-0.15, -0.1) is 0 Å². The Balaban J connectivity index is 1.51. The van der Waals surface area contributed by atoms with Crippen LogP contribution >= 0.6 is 34.8 Å². The highest BCUT2D eigenvalue weighted by molar-refractivity contribution is 6.35. The molecule has 1 N–H and O–H groups in total. The fourth-order valence-corrected chi connectivity index (χ4v) is 3.96. The van der Waals surface area contributed by atoms with Crippen LogP contribution in [0.1, 0.15) is 31.7 Å². The molecule has 0 bridgehead atoms. The number of carbonyl (C=O) groups is 1. The fourth-order valence-electron chi connectivity index (χ4n) is 3.30. The summed E-state index contributed by atoms with van der Waals surface area (Å²) in [5, 5.41) is 4.07. The Bertz CT molecular complexity index is 1320. The zero-order valence-corrected chi connectivity index (χ0v) is 20.3. The number of oxazole rings is 1. The van der Waals surface area contributed by atoms with Gasteiger partial charge in [0.1, 0.15) is 11.3 Å². The smallest absolute Gasteiger partial charge is 0.262 e. The van der Waals surface area contributed by atoms with Crippen LogP contribution in [0.25, 0.3) is 22.6 Å². The first-order chi connectivity index (χ1) is 15.8. The second-order valence-electron chi connectivity index (χ2n) is 7.66. The number of nitrogens with zero attached hydrogens (tertiary/aromatic N) is 1. The monoisotopic (exact) mass is 502 g/mol. The average molecular weight is 504 g/mol. The van der Waals surface area contributed by atoms with Crippen molar-refractivity contribution in [3.8, 4) is 17.2 Å². The standard InChI is InChI=1S/C25H21Cl3N2O3/c1-3-14(2)15-4-8-23-21(10-15)30-25(33-23)18-12-17(6-7-19(18)27)29-24(31)13-32-22-9-5-16(26)11-20(22)28/h4-12,14H,3,13H2,1-2H3,(H,29,31). The molecule has 1 atom stereocenters. The summed E-state index contributed by atoms with van der Waals surface area (Å²) in [5.41, 5.74) is 3.76. The van der Waals surface area contributed by atoms with Gasteiger partial charge in [0.05, 0.1) is 15.6 Å². The number of aromatic nitrogens is 1. The van der Waals surface area contributed by atoms with E-state index in [2.05, 4.69) is 30.2 Å². The third kappa shape index (κ3) is 5.44. The number of benzene rings is 3. The Labute approximate surface area is 206 Å². The minimum Gasteiger partial charge on any atom is -0.482 e. The SMILES string of the molecule is CCC(C)c1ccc2oc(-c3cc(NC(=O)COc4ccc(Cl)cc4Cl)ccc3Cl)nc2c1. The predicted molar refractivity (Wildman–Crippen MR) is 134 cm³/mol. The van der Waals surface area contributed by atoms with Gasteiger partial charge in [-0.2, -0.15) is 0 Å². The lowest BCUT2D eigenvalue weighted by Crippen LogP contribution is -2.20. The molecule has 1 heterocycles. The molecule has 0 radical (unpaired) electrons. The van der Waals surface area contributed by atoms with Crippen LogP contribution in [0.4, 0.5) is 5.69 Å². The summed E-state index contributed by atoms with van der Waals surface area (Å²) in [7, 11) is 0. The van der Waals surface area contributed by atoms with E-state index < -0.39 is 0 Å². The number of carbonyl (C=O) groups excluding carboxylic acids is 1. The van der Waals surface area contributed by atoms with Crippen LogP contribution in [0.3, 0.4) is 0 Å². The van der Waals surface area contributed by atoms with Gasteiger partial charge in [-0.1, -0.05) is 54.7 Å². The molecule has 0 spiro atoms. The third-order valence-electron chi connectivity index (χ3n) is 5.33. The average Bonchev–Trinajstić information content (AvgIpc) is 3.22. The highest BCUT2D eigenvalue weighted by Crippen LogP contribution is 2.33. The van der Waals surface area contributed by atoms with Crippen molar-refractivity contribution in [1.29, 1.82) is 0 Å². The van der Waals surface area contributed by atoms with E-state index in [4.69, 9.17) is 44.0 Å². The maximum absolute atomic E-state index is 12.4. The topological polar surface area (TPSA) is 64.4 Å². The third-order valence-corrected chi connectivity index (χ3v) is 6.19. The van der Waals surface area contributed by atoms with Gasteiger partial charge < -0.3 is 14.5 Å². The quantitative estimate of drug-likeness (QED) is 0.277. The number of hydrogen-bond donors (Lipinski definition) is 1. The Morgan fingerprint density at radius 3 is 2.64 bits per heavy atom. The fraction of sp³-hybridized carbons (Fsp3) is 0.200. The van der Waals surface area contributed by atoms with Gasteiger partial charge >= 0.3 is 0 Å². The lowest BCUT2D eigenvalue weighted by atomic mass is 9.98. The van der Waals surface area contributed by atoms with Crippen LogP contribution < -0.4 is 10.1 Å². The number of ether oxygens (including phenoxy) is 1. The van der Waals surface area contributed by atoms with E-state index in [1.807, 2.05) is 12.1 Å². The van der Waals surface area contributed by atoms with Gasteiger partial charge in [-0.05, 0) is 66.4 Å². The van der Waals surface area contributed by atoms with Crippen LogP contribution in [0.15, 0.2) is 59.0 Å². The molecule has 4 rings (SSSR count). The van der Waals surface area contributed by atoms with Crippen LogP contribution in [0, 0.1) is 0 Å². The van der Waals surface area contributed by atoms with Crippen molar-refractivity contribution in [2.45, 2.75) is 26.2 Å². The maximum Gasteiger partial charge on any atom is 0.262 e. The Kier molecular flexibility index (Phi) is 7.13. The Hall–Kier alpha value is -2.73. The number of rotatable bonds is 7. The van der Waals surface area contributed by atoms with Crippen molar-refractivity contribution in [3.05, 3.63) is 75.2 Å². The summed E-state index contributed by atoms with van der Waals surface area (Å²) >= 11 is 18.4. The van der Waals surface area contributed by atoms with Crippen molar-refractivity contribution < 1.29 is 13.9 Å². The van der Waals surface area contributed by atoms with E-state index in [1.165, 1.54) is 5.56 Å². The van der Waals surface area contributed by atoms with Crippen LogP contribution in [0.2, 0.25) is 15.1 Å². The van der Waals surface area contributed by atoms with Crippen LogP contribution in [-0.4, -0.2) is 17.5 Å². The van der Waals surface area contributed by atoms with Gasteiger partial charge in [0.25, 0.3) is 5.91 Å². The highest BCUT2D eigenvalue weighted by atomic mass is 35.5. The molecule has 170 valence electrons. The first kappa shape index (κ1) is 23.4. The first-order valence-corrected chi connectivity index (χ1v) is 11.6. The van der Waals surface area contributed by atoms with Gasteiger partial charge in [0.15, 0.2) is 12.2 Å². The maximum atomic E-state index is 12.4. The van der Waals surface area contributed by atoms with E-state index in [0.29, 0.717) is 49.5 Å². The molecule has 4 aromatic rings. The van der Waals surface area contributed by atoms with E-state index in [9.17, 15) is 4.79 Å². The van der Waals surface area contributed by atoms with E-state index in [0.717, 1.165) is 11.9 Å². The highest BCUT2D eigenvalue weighted by Gasteiger charge is 2.15. The molecule has 5 nitrogen and oxygen atoms in total. The summed E-state index contributed by atoms with van der Waals surface area (Å²) in [4.78, 5) is 17.0. The second-order valence-corrected chi connectivity index (χ2v) is 8.91. The lowest BCUT2D eigenvalue weighted by Gasteiger charge is -2.10. The molecule has 1 unspecified atom stereocenters. The van der Waals surface area contributed by atoms with Gasteiger partial charge in [-0.25, -0.2) is 4.98 Å². The molecule has 0 saturated carbocycles. The van der Waals surface area contributed by atoms with Gasteiger partial charge in [-0.3, -0.25) is 4.79 Å². The number of nitrogens with one attached hydrogen (secondary N) is 1. The molecular formula is C25H21Cl3N2O3. The van der Waals surface area contributed by atoms with Crippen molar-refractivity contribution in [2.75, 3.05) is 11.9 Å². The molecule has 0 aliphatic heterocycles. The summed E-state index contributed by atoms with van der Waals surface area (Å²) in [6.45, 7) is 4.11. The zero-order valence-electron chi connectivity index (χ0n) is 18.0. The number of amides is 1. The zero-order chi connectivity index (χ0) is 23.5. The molecule has 0 aliphatic carbocycles. The van der Waals surface area contributed by atoms with E-state index in [1.54, 1.807) is 36.4 Å². The molecule has 1 amide bonds. The summed E-state index contributed by atoms with van der Waals surface area (Å²) in [6, 6.07) is 15.9. The van der Waals surface area contributed by atoms with Crippen molar-refractivity contribution in [3.63, 3.8) is 0 Å². The molecule has 33 heavy (non-hydrogen) atoms. The number of hydrogen-bond acceptors (Lipinski definition) is 4. The summed E-state index contributed by atoms with van der Waals surface area (Å²) in [6.07, 6.45) is 1.04. The predicted octanol–water partition coefficient (Wildman–Crippen LogP) is 7.99. The van der Waals surface area contributed by atoms with Crippen LogP contribution in [-0.2, 0) is 4.79 Å². The van der Waals surface area contributed by atoms with E-state index in [-0.39, 0.29) is 12.5 Å². The molecule has 0 aliphatic rings. The molecular weight excluding hydrogens is 483 g/mol. The summed E-state index contributed by atoms with van der Waals surface area (Å²) in [5.74, 6) is 0.833. The normalized spacial score (nSPS) is 12.0. The molecule has 8 heteroatoms. The van der Waals surface area contributed by atoms with E-state index >= 15 is 0 Å². The first-order valence-electron chi connectivity index (χ1n) is 10.4. The largest absolute Gasteiger partial charge is 0.482 e. The number of halogens is 3. The van der Waals surface area contributed by atoms with Crippen molar-refractivity contribution in [2.24, 2.45) is 0 Å². The number of fused-ring (bicyclic) bond motifs is 1. The molecule has 0 saturated heterocycles. The van der Waals surface area contributed by atoms with Crippen molar-refractivity contribution >= 4 is 57.5 Å². The Morgan fingerprint density at radius 1 is 1.06 bits per heavy atom. The number of anilines is 1. The van der Waals surface area contributed by atoms with Crippen LogP contribution in [0.5, 0.6) is 5.75 Å². The lowest BCUT2D eigenvalue weighted by molar-refractivity contribution is -0.118. The van der Waals surface area contributed by atoms with Gasteiger partial charge in [0, 0.05) is 10.7 Å². The van der Waals surface area contributed by atoms with Gasteiger partial charge in [0.2, 0.25) is 5.89 Å². The minimum atomic E-state index is -0.356. The summed E-state index contributed by atoms with van der Waals surface area (Å²) < 4.78 is 11.4. The van der Waals surface area contributed by atoms with Crippen molar-refractivity contribution in [1.82, 2.24) is 4.98 Å². The molecule has 3 aromatic carbocycles. The molecule has 0 fully saturated rings. The second kappa shape index (κ2) is 10.0. The minimum absolute atomic E-state index is 0.222. The molecule has 1 aromatic heterocycles. The Morgan fingerprint density at radius 2 is 1.88 bits per heavy atom.